The summed E-state index contributed by atoms with van der Waals surface area (Å²) in [7, 11) is 0. The predicted molar refractivity (Wildman–Crippen MR) is 101 cm³/mol. The number of ether oxygens (including phenoxy) is 1. The molecular formula is C20H20F3N5O3. The van der Waals surface area contributed by atoms with Crippen molar-refractivity contribution in [1.82, 2.24) is 24.8 Å². The van der Waals surface area contributed by atoms with Gasteiger partial charge in [-0.2, -0.15) is 23.3 Å². The topological polar surface area (TPSA) is 86.3 Å². The number of carbonyl (C=O) groups excluding carboxylic acids is 1. The Bertz CT molecular complexity index is 1060. The van der Waals surface area contributed by atoms with E-state index < -0.39 is 17.8 Å². The number of aromatic nitrogens is 4. The summed E-state index contributed by atoms with van der Waals surface area (Å²) in [6.07, 6.45) is -1.73. The van der Waals surface area contributed by atoms with Crippen molar-refractivity contribution in [3.8, 4) is 0 Å². The van der Waals surface area contributed by atoms with Crippen LogP contribution in [0.1, 0.15) is 46.2 Å². The molecule has 31 heavy (non-hydrogen) atoms. The Morgan fingerprint density at radius 3 is 2.90 bits per heavy atom. The van der Waals surface area contributed by atoms with Crippen molar-refractivity contribution in [2.24, 2.45) is 0 Å². The van der Waals surface area contributed by atoms with Gasteiger partial charge in [0.15, 0.2) is 11.9 Å². The maximum absolute atomic E-state index is 12.9. The van der Waals surface area contributed by atoms with Gasteiger partial charge in [-0.3, -0.25) is 9.48 Å². The highest BCUT2D eigenvalue weighted by atomic mass is 19.4. The standard InChI is InChI=1S/C20H20F3N5O3/c1-2-28-11-14(10-24-28)19(29)27-6-7-30-16(12-27)18-25-17(26-31-18)9-13-4-3-5-15(8-13)20(21,22)23/h3-5,8,10-11,16H,2,6-7,9,12H2,1H3/t16-/m0/s1. The van der Waals surface area contributed by atoms with Gasteiger partial charge in [-0.15, -0.1) is 0 Å². The molecule has 1 saturated heterocycles. The Balaban J connectivity index is 1.43. The van der Waals surface area contributed by atoms with Gasteiger partial charge in [-0.05, 0) is 18.6 Å². The fourth-order valence-electron chi connectivity index (χ4n) is 3.32. The monoisotopic (exact) mass is 435 g/mol. The molecule has 164 valence electrons. The van der Waals surface area contributed by atoms with Gasteiger partial charge < -0.3 is 14.2 Å². The van der Waals surface area contributed by atoms with Crippen LogP contribution in [0.2, 0.25) is 0 Å². The zero-order valence-electron chi connectivity index (χ0n) is 16.7. The number of carbonyl (C=O) groups is 1. The van der Waals surface area contributed by atoms with E-state index >= 15 is 0 Å². The first-order valence-corrected chi connectivity index (χ1v) is 9.75. The van der Waals surface area contributed by atoms with Crippen molar-refractivity contribution in [3.05, 3.63) is 65.1 Å². The minimum absolute atomic E-state index is 0.0823. The van der Waals surface area contributed by atoms with E-state index in [9.17, 15) is 18.0 Å². The second-order valence-corrected chi connectivity index (χ2v) is 7.12. The van der Waals surface area contributed by atoms with Crippen LogP contribution in [-0.4, -0.2) is 50.4 Å². The van der Waals surface area contributed by atoms with Crippen LogP contribution in [0.15, 0.2) is 41.2 Å². The third kappa shape index (κ3) is 4.76. The van der Waals surface area contributed by atoms with Gasteiger partial charge in [-0.1, -0.05) is 23.4 Å². The molecule has 1 aliphatic rings. The van der Waals surface area contributed by atoms with Crippen molar-refractivity contribution in [2.45, 2.75) is 32.2 Å². The number of hydrogen-bond acceptors (Lipinski definition) is 6. The van der Waals surface area contributed by atoms with E-state index in [2.05, 4.69) is 15.2 Å². The molecule has 4 rings (SSSR count). The minimum Gasteiger partial charge on any atom is -0.365 e. The summed E-state index contributed by atoms with van der Waals surface area (Å²) in [4.78, 5) is 18.6. The molecule has 0 aliphatic carbocycles. The Morgan fingerprint density at radius 2 is 2.16 bits per heavy atom. The minimum atomic E-state index is -4.42. The molecule has 8 nitrogen and oxygen atoms in total. The van der Waals surface area contributed by atoms with E-state index in [4.69, 9.17) is 9.26 Å². The molecule has 0 radical (unpaired) electrons. The Hall–Kier alpha value is -3.21. The molecule has 3 aromatic rings. The summed E-state index contributed by atoms with van der Waals surface area (Å²) in [5, 5.41) is 7.98. The van der Waals surface area contributed by atoms with Crippen LogP contribution in [0.25, 0.3) is 0 Å². The van der Waals surface area contributed by atoms with Gasteiger partial charge in [0.25, 0.3) is 11.8 Å². The third-order valence-electron chi connectivity index (χ3n) is 4.93. The first-order valence-electron chi connectivity index (χ1n) is 9.75. The van der Waals surface area contributed by atoms with Gasteiger partial charge in [-0.25, -0.2) is 0 Å². The van der Waals surface area contributed by atoms with Crippen molar-refractivity contribution < 1.29 is 27.2 Å². The number of rotatable bonds is 5. The lowest BCUT2D eigenvalue weighted by Crippen LogP contribution is -2.42. The number of morpholine rings is 1. The lowest BCUT2D eigenvalue weighted by Gasteiger charge is -2.30. The fourth-order valence-corrected chi connectivity index (χ4v) is 3.32. The van der Waals surface area contributed by atoms with Gasteiger partial charge in [0.1, 0.15) is 0 Å². The van der Waals surface area contributed by atoms with E-state index in [1.807, 2.05) is 6.92 Å². The summed E-state index contributed by atoms with van der Waals surface area (Å²) in [5.74, 6) is 0.256. The summed E-state index contributed by atoms with van der Waals surface area (Å²) < 4.78 is 51.3. The first kappa shape index (κ1) is 21.0. The van der Waals surface area contributed by atoms with Gasteiger partial charge >= 0.3 is 6.18 Å². The van der Waals surface area contributed by atoms with Gasteiger partial charge in [0, 0.05) is 25.7 Å². The average Bonchev–Trinajstić information content (AvgIpc) is 3.43. The Labute approximate surface area is 175 Å². The molecule has 0 unspecified atom stereocenters. The molecule has 2 aromatic heterocycles. The fraction of sp³-hybridized carbons (Fsp3) is 0.400. The second-order valence-electron chi connectivity index (χ2n) is 7.12. The molecule has 1 atom stereocenters. The van der Waals surface area contributed by atoms with Crippen LogP contribution >= 0.6 is 0 Å². The summed E-state index contributed by atoms with van der Waals surface area (Å²) in [6.45, 7) is 3.52. The lowest BCUT2D eigenvalue weighted by atomic mass is 10.1. The number of amides is 1. The number of halogens is 3. The molecule has 1 amide bonds. The largest absolute Gasteiger partial charge is 0.416 e. The molecule has 1 aliphatic heterocycles. The maximum Gasteiger partial charge on any atom is 0.416 e. The first-order chi connectivity index (χ1) is 14.8. The Morgan fingerprint density at radius 1 is 1.32 bits per heavy atom. The third-order valence-corrected chi connectivity index (χ3v) is 4.93. The van der Waals surface area contributed by atoms with Crippen molar-refractivity contribution in [1.29, 1.82) is 0 Å². The smallest absolute Gasteiger partial charge is 0.365 e. The number of alkyl halides is 3. The average molecular weight is 435 g/mol. The Kier molecular flexibility index (Phi) is 5.77. The molecule has 0 bridgehead atoms. The summed E-state index contributed by atoms with van der Waals surface area (Å²) >= 11 is 0. The van der Waals surface area contributed by atoms with Crippen molar-refractivity contribution >= 4 is 5.91 Å². The highest BCUT2D eigenvalue weighted by molar-refractivity contribution is 5.93. The molecule has 3 heterocycles. The summed E-state index contributed by atoms with van der Waals surface area (Å²) in [6, 6.07) is 4.98. The van der Waals surface area contributed by atoms with E-state index in [1.165, 1.54) is 12.3 Å². The van der Waals surface area contributed by atoms with Crippen molar-refractivity contribution in [2.75, 3.05) is 19.7 Å². The SMILES string of the molecule is CCn1cc(C(=O)N2CCO[C@H](c3nc(Cc4cccc(C(F)(F)F)c4)no3)C2)cn1. The van der Waals surface area contributed by atoms with Crippen LogP contribution in [0, 0.1) is 0 Å². The van der Waals surface area contributed by atoms with Gasteiger partial charge in [0.2, 0.25) is 0 Å². The van der Waals surface area contributed by atoms with Crippen LogP contribution in [0.5, 0.6) is 0 Å². The number of hydrogen-bond donors (Lipinski definition) is 0. The van der Waals surface area contributed by atoms with Crippen LogP contribution < -0.4 is 0 Å². The lowest BCUT2D eigenvalue weighted by molar-refractivity contribution is -0.137. The zero-order chi connectivity index (χ0) is 22.0. The number of nitrogens with zero attached hydrogens (tertiary/aromatic N) is 5. The van der Waals surface area contributed by atoms with E-state index in [0.717, 1.165) is 12.1 Å². The number of benzene rings is 1. The zero-order valence-corrected chi connectivity index (χ0v) is 16.7. The molecule has 1 aromatic carbocycles. The quantitative estimate of drug-likeness (QED) is 0.612. The van der Waals surface area contributed by atoms with Gasteiger partial charge in [0.05, 0.1) is 30.5 Å². The van der Waals surface area contributed by atoms with E-state index in [-0.39, 0.29) is 30.6 Å². The van der Waals surface area contributed by atoms with Crippen LogP contribution in [0.3, 0.4) is 0 Å². The number of aryl methyl sites for hydroxylation is 1. The van der Waals surface area contributed by atoms with Crippen LogP contribution in [-0.2, 0) is 23.9 Å². The second kappa shape index (κ2) is 8.50. The maximum atomic E-state index is 12.9. The molecular weight excluding hydrogens is 415 g/mol. The van der Waals surface area contributed by atoms with Crippen molar-refractivity contribution in [3.63, 3.8) is 0 Å². The van der Waals surface area contributed by atoms with Crippen LogP contribution in [0.4, 0.5) is 13.2 Å². The van der Waals surface area contributed by atoms with E-state index in [1.54, 1.807) is 21.8 Å². The normalized spacial score (nSPS) is 17.2. The molecule has 0 spiro atoms. The highest BCUT2D eigenvalue weighted by Crippen LogP contribution is 2.30. The summed E-state index contributed by atoms with van der Waals surface area (Å²) in [5.41, 5.74) is 0.166. The highest BCUT2D eigenvalue weighted by Gasteiger charge is 2.32. The molecule has 0 saturated carbocycles. The molecule has 0 N–H and O–H groups in total. The molecule has 11 heteroatoms. The predicted octanol–water partition coefficient (Wildman–Crippen LogP) is 3.11. The van der Waals surface area contributed by atoms with E-state index in [0.29, 0.717) is 30.8 Å². The molecule has 1 fully saturated rings.